The predicted octanol–water partition coefficient (Wildman–Crippen LogP) is 2.16. The first-order chi connectivity index (χ1) is 6.70. The van der Waals surface area contributed by atoms with Gasteiger partial charge in [0.2, 0.25) is 0 Å². The molecule has 4 heteroatoms. The van der Waals surface area contributed by atoms with Gasteiger partial charge in [0.15, 0.2) is 6.73 Å². The molecule has 0 fully saturated rings. The number of rotatable bonds is 0. The Balaban J connectivity index is 2.61. The lowest BCUT2D eigenvalue weighted by Gasteiger charge is -2.07. The molecular weight excluding hydrogens is 200 g/mol. The van der Waals surface area contributed by atoms with Crippen molar-refractivity contribution in [3.8, 4) is 5.75 Å². The zero-order valence-electron chi connectivity index (χ0n) is 7.43. The van der Waals surface area contributed by atoms with E-state index in [2.05, 4.69) is 11.9 Å². The molecule has 1 heterocycles. The Kier molecular flexibility index (Phi) is 2.17. The first kappa shape index (κ1) is 9.09. The number of ether oxygens (including phenoxy) is 1. The minimum absolute atomic E-state index is 0.281. The number of hydrogen-bond donors (Lipinski definition) is 2. The van der Waals surface area contributed by atoms with Gasteiger partial charge in [0.1, 0.15) is 5.75 Å². The summed E-state index contributed by atoms with van der Waals surface area (Å²) in [5.74, 6) is 0.619. The predicted molar refractivity (Wildman–Crippen MR) is 56.1 cm³/mol. The van der Waals surface area contributed by atoms with Gasteiger partial charge in [-0.05, 0) is 12.1 Å². The number of allylic oxidation sites excluding steroid dienone is 1. The van der Waals surface area contributed by atoms with Crippen molar-refractivity contribution in [1.29, 1.82) is 5.41 Å². The van der Waals surface area contributed by atoms with Gasteiger partial charge in [-0.15, -0.1) is 0 Å². The van der Waals surface area contributed by atoms with Gasteiger partial charge in [-0.25, -0.2) is 0 Å². The van der Waals surface area contributed by atoms with E-state index in [1.165, 1.54) is 0 Å². The largest absolute Gasteiger partial charge is 0.473 e. The summed E-state index contributed by atoms with van der Waals surface area (Å²) >= 11 is 5.99. The molecule has 0 saturated carbocycles. The topological polar surface area (TPSA) is 45.1 Å². The molecule has 72 valence electrons. The molecule has 0 aromatic heterocycles. The van der Waals surface area contributed by atoms with Crippen LogP contribution < -0.4 is 10.1 Å². The van der Waals surface area contributed by atoms with Gasteiger partial charge < -0.3 is 10.1 Å². The highest BCUT2D eigenvalue weighted by atomic mass is 35.5. The summed E-state index contributed by atoms with van der Waals surface area (Å²) in [4.78, 5) is 0. The van der Waals surface area contributed by atoms with Crippen LogP contribution in [0, 0.1) is 5.41 Å². The molecule has 0 aliphatic carbocycles. The van der Waals surface area contributed by atoms with E-state index in [9.17, 15) is 0 Å². The molecule has 1 aliphatic heterocycles. The van der Waals surface area contributed by atoms with E-state index in [0.717, 1.165) is 0 Å². The molecule has 0 saturated heterocycles. The Morgan fingerprint density at radius 1 is 1.50 bits per heavy atom. The fourth-order valence-electron chi connectivity index (χ4n) is 1.31. The van der Waals surface area contributed by atoms with Crippen LogP contribution in [-0.2, 0) is 0 Å². The van der Waals surface area contributed by atoms with Gasteiger partial charge in [-0.2, -0.15) is 0 Å². The third-order valence-electron chi connectivity index (χ3n) is 2.04. The van der Waals surface area contributed by atoms with Gasteiger partial charge in [-0.3, -0.25) is 5.41 Å². The zero-order chi connectivity index (χ0) is 10.1. The Bertz CT molecular complexity index is 415. The average molecular weight is 209 g/mol. The normalized spacial score (nSPS) is 15.2. The molecule has 0 radical (unpaired) electrons. The summed E-state index contributed by atoms with van der Waals surface area (Å²) in [6, 6.07) is 5.31. The first-order valence-corrected chi connectivity index (χ1v) is 4.51. The van der Waals surface area contributed by atoms with E-state index in [-0.39, 0.29) is 5.71 Å². The van der Waals surface area contributed by atoms with Gasteiger partial charge in [0.05, 0.1) is 22.0 Å². The molecule has 0 unspecified atom stereocenters. The molecule has 3 nitrogen and oxygen atoms in total. The van der Waals surface area contributed by atoms with Gasteiger partial charge in [0.25, 0.3) is 0 Å². The molecule has 1 aliphatic rings. The fourth-order valence-corrected chi connectivity index (χ4v) is 1.57. The van der Waals surface area contributed by atoms with Crippen LogP contribution in [0.25, 0.3) is 0 Å². The number of halogens is 1. The van der Waals surface area contributed by atoms with Crippen molar-refractivity contribution in [2.75, 3.05) is 6.73 Å². The minimum atomic E-state index is 0.281. The smallest absolute Gasteiger partial charge is 0.159 e. The van der Waals surface area contributed by atoms with Crippen LogP contribution in [0.1, 0.15) is 5.56 Å². The number of benzene rings is 1. The van der Waals surface area contributed by atoms with Gasteiger partial charge in [0, 0.05) is 0 Å². The molecule has 1 aromatic rings. The van der Waals surface area contributed by atoms with Crippen molar-refractivity contribution in [1.82, 2.24) is 5.32 Å². The zero-order valence-corrected chi connectivity index (χ0v) is 8.19. The van der Waals surface area contributed by atoms with Crippen molar-refractivity contribution >= 4 is 17.3 Å². The molecule has 2 rings (SSSR count). The van der Waals surface area contributed by atoms with Crippen molar-refractivity contribution < 1.29 is 4.74 Å². The first-order valence-electron chi connectivity index (χ1n) is 4.13. The number of hydrogen-bond acceptors (Lipinski definition) is 3. The van der Waals surface area contributed by atoms with E-state index in [1.54, 1.807) is 18.2 Å². The van der Waals surface area contributed by atoms with Gasteiger partial charge in [-0.1, -0.05) is 24.2 Å². The van der Waals surface area contributed by atoms with Crippen LogP contribution in [-0.4, -0.2) is 12.4 Å². The lowest BCUT2D eigenvalue weighted by atomic mass is 10.1. The highest BCUT2D eigenvalue weighted by Gasteiger charge is 2.18. The maximum Gasteiger partial charge on any atom is 0.159 e. The fraction of sp³-hybridized carbons (Fsp3) is 0.100. The summed E-state index contributed by atoms with van der Waals surface area (Å²) in [7, 11) is 0. The number of nitrogens with one attached hydrogen (secondary N) is 2. The molecule has 14 heavy (non-hydrogen) atoms. The van der Waals surface area contributed by atoms with Crippen LogP contribution in [0.4, 0.5) is 0 Å². The maximum absolute atomic E-state index is 7.83. The molecule has 0 amide bonds. The molecule has 1 aromatic carbocycles. The molecule has 2 N–H and O–H groups in total. The Morgan fingerprint density at radius 2 is 2.29 bits per heavy atom. The van der Waals surface area contributed by atoms with E-state index in [4.69, 9.17) is 21.7 Å². The SMILES string of the molecule is C=C1NCOc2cccc(Cl)c2C1=N. The highest BCUT2D eigenvalue weighted by molar-refractivity contribution is 6.35. The highest BCUT2D eigenvalue weighted by Crippen LogP contribution is 2.29. The average Bonchev–Trinajstić information content (AvgIpc) is 2.29. The number of fused-ring (bicyclic) bond motifs is 1. The van der Waals surface area contributed by atoms with Crippen LogP contribution in [0.3, 0.4) is 0 Å². The second-order valence-corrected chi connectivity index (χ2v) is 3.34. The van der Waals surface area contributed by atoms with E-state index >= 15 is 0 Å². The standard InChI is InChI=1S/C10H9ClN2O/c1-6-10(12)9-7(11)3-2-4-8(9)14-5-13-6/h2-4,12-13H,1,5H2. The van der Waals surface area contributed by atoms with Crippen LogP contribution in [0.2, 0.25) is 5.02 Å². The van der Waals surface area contributed by atoms with Crippen molar-refractivity contribution in [2.45, 2.75) is 0 Å². The van der Waals surface area contributed by atoms with E-state index < -0.39 is 0 Å². The Labute approximate surface area is 86.8 Å². The molecule has 0 atom stereocenters. The molecular formula is C10H9ClN2O. The minimum Gasteiger partial charge on any atom is -0.473 e. The van der Waals surface area contributed by atoms with Crippen LogP contribution >= 0.6 is 11.6 Å². The second kappa shape index (κ2) is 3.35. The summed E-state index contributed by atoms with van der Waals surface area (Å²) in [5.41, 5.74) is 1.41. The lowest BCUT2D eigenvalue weighted by Crippen LogP contribution is -2.19. The monoisotopic (exact) mass is 208 g/mol. The lowest BCUT2D eigenvalue weighted by molar-refractivity contribution is 0.303. The summed E-state index contributed by atoms with van der Waals surface area (Å²) < 4.78 is 5.37. The van der Waals surface area contributed by atoms with E-state index in [0.29, 0.717) is 28.8 Å². The third kappa shape index (κ3) is 1.36. The molecule has 0 spiro atoms. The third-order valence-corrected chi connectivity index (χ3v) is 2.36. The van der Waals surface area contributed by atoms with E-state index in [1.807, 2.05) is 0 Å². The Hall–Kier alpha value is -1.48. The summed E-state index contributed by atoms with van der Waals surface area (Å²) in [5, 5.41) is 11.2. The maximum atomic E-state index is 7.83. The van der Waals surface area contributed by atoms with Crippen LogP contribution in [0.5, 0.6) is 5.75 Å². The Morgan fingerprint density at radius 3 is 3.07 bits per heavy atom. The molecule has 0 bridgehead atoms. The van der Waals surface area contributed by atoms with Crippen molar-refractivity contribution in [3.05, 3.63) is 41.1 Å². The van der Waals surface area contributed by atoms with Crippen LogP contribution in [0.15, 0.2) is 30.5 Å². The quantitative estimate of drug-likeness (QED) is 0.686. The summed E-state index contributed by atoms with van der Waals surface area (Å²) in [6.07, 6.45) is 0. The summed E-state index contributed by atoms with van der Waals surface area (Å²) in [6.45, 7) is 4.03. The van der Waals surface area contributed by atoms with Gasteiger partial charge >= 0.3 is 0 Å². The van der Waals surface area contributed by atoms with Crippen molar-refractivity contribution in [3.63, 3.8) is 0 Å². The second-order valence-electron chi connectivity index (χ2n) is 2.93. The van der Waals surface area contributed by atoms with Crippen molar-refractivity contribution in [2.24, 2.45) is 0 Å².